The van der Waals surface area contributed by atoms with E-state index in [0.29, 0.717) is 6.42 Å². The van der Waals surface area contributed by atoms with Crippen molar-refractivity contribution in [1.82, 2.24) is 0 Å². The van der Waals surface area contributed by atoms with E-state index in [2.05, 4.69) is 0 Å². The number of hydrogen-bond acceptors (Lipinski definition) is 1. The van der Waals surface area contributed by atoms with Crippen molar-refractivity contribution in [2.75, 3.05) is 0 Å². The molecule has 0 aromatic heterocycles. The third kappa shape index (κ3) is 3.18. The van der Waals surface area contributed by atoms with E-state index in [1.165, 1.54) is 0 Å². The number of hydrogen-bond donors (Lipinski definition) is 0. The molecule has 0 fully saturated rings. The van der Waals surface area contributed by atoms with Crippen LogP contribution in [0.1, 0.15) is 30.1 Å². The normalized spacial score (nSPS) is 8.75. The first-order valence-electron chi connectivity index (χ1n) is 3.93. The van der Waals surface area contributed by atoms with Gasteiger partial charge in [0.1, 0.15) is 0 Å². The highest BCUT2D eigenvalue weighted by Crippen LogP contribution is 2.03. The van der Waals surface area contributed by atoms with Crippen LogP contribution in [0.2, 0.25) is 0 Å². The van der Waals surface area contributed by atoms with Gasteiger partial charge in [0.15, 0.2) is 5.78 Å². The second-order valence-electron chi connectivity index (χ2n) is 2.54. The molecule has 0 N–H and O–H groups in total. The smallest absolute Gasteiger partial charge is 0.162 e. The van der Waals surface area contributed by atoms with Gasteiger partial charge in [-0.1, -0.05) is 37.3 Å². The number of halogens is 1. The molecule has 2 heteroatoms. The zero-order valence-electron chi connectivity index (χ0n) is 7.12. The van der Waals surface area contributed by atoms with Crippen LogP contribution in [0.25, 0.3) is 0 Å². The fourth-order valence-corrected chi connectivity index (χ4v) is 0.995. The van der Waals surface area contributed by atoms with Crippen LogP contribution in [-0.2, 0) is 0 Å². The number of benzene rings is 1. The number of carbonyl (C=O) groups excluding carboxylic acids is 1. The van der Waals surface area contributed by atoms with Crippen molar-refractivity contribution >= 4 is 22.8 Å². The minimum Gasteiger partial charge on any atom is -0.294 e. The Morgan fingerprint density at radius 1 is 1.25 bits per heavy atom. The summed E-state index contributed by atoms with van der Waals surface area (Å²) >= 11 is 0. The Morgan fingerprint density at radius 2 is 1.83 bits per heavy atom. The summed E-state index contributed by atoms with van der Waals surface area (Å²) in [6, 6.07) is 9.42. The summed E-state index contributed by atoms with van der Waals surface area (Å²) in [5, 5.41) is 0. The van der Waals surface area contributed by atoms with E-state index < -0.39 is 0 Å². The van der Waals surface area contributed by atoms with Gasteiger partial charge in [-0.3, -0.25) is 4.79 Å². The van der Waals surface area contributed by atoms with E-state index >= 15 is 0 Å². The van der Waals surface area contributed by atoms with Crippen molar-refractivity contribution in [2.45, 2.75) is 19.8 Å². The quantitative estimate of drug-likeness (QED) is 0.727. The molecule has 0 atom stereocenters. The maximum absolute atomic E-state index is 11.2. The Labute approximate surface area is 83.6 Å². The summed E-state index contributed by atoms with van der Waals surface area (Å²) < 4.78 is 0. The molecule has 1 nitrogen and oxygen atoms in total. The highest BCUT2D eigenvalue weighted by Gasteiger charge is 2.01. The summed E-state index contributed by atoms with van der Waals surface area (Å²) in [6.07, 6.45) is 1.58. The van der Waals surface area contributed by atoms with Crippen molar-refractivity contribution in [3.63, 3.8) is 0 Å². The first-order chi connectivity index (χ1) is 5.34. The average molecular weight is 229 g/mol. The standard InChI is InChI=1S/C10H12O.BrH/c1-2-6-10(11)9-7-4-3-5-8-9;/h3-5,7-8H,2,6H2,1H3;1H. The zero-order chi connectivity index (χ0) is 8.10. The van der Waals surface area contributed by atoms with Gasteiger partial charge in [-0.15, -0.1) is 17.0 Å². The van der Waals surface area contributed by atoms with Gasteiger partial charge in [-0.2, -0.15) is 0 Å². The first-order valence-corrected chi connectivity index (χ1v) is 3.93. The molecular formula is C10H13BrO. The van der Waals surface area contributed by atoms with E-state index in [4.69, 9.17) is 0 Å². The van der Waals surface area contributed by atoms with E-state index in [0.717, 1.165) is 12.0 Å². The fraction of sp³-hybridized carbons (Fsp3) is 0.300. The second-order valence-corrected chi connectivity index (χ2v) is 2.54. The molecule has 0 aliphatic carbocycles. The van der Waals surface area contributed by atoms with Crippen molar-refractivity contribution in [3.8, 4) is 0 Å². The second kappa shape index (κ2) is 5.95. The van der Waals surface area contributed by atoms with Crippen LogP contribution in [0.5, 0.6) is 0 Å². The highest BCUT2D eigenvalue weighted by molar-refractivity contribution is 8.93. The highest BCUT2D eigenvalue weighted by atomic mass is 79.9. The molecule has 66 valence electrons. The Hall–Kier alpha value is -0.630. The lowest BCUT2D eigenvalue weighted by Crippen LogP contribution is -1.96. The number of Topliss-reactive ketones (excluding diaryl/α,β-unsaturated/α-hetero) is 1. The van der Waals surface area contributed by atoms with Gasteiger partial charge in [0.25, 0.3) is 0 Å². The Balaban J connectivity index is 0.00000121. The van der Waals surface area contributed by atoms with Crippen molar-refractivity contribution in [3.05, 3.63) is 35.9 Å². The molecule has 12 heavy (non-hydrogen) atoms. The van der Waals surface area contributed by atoms with Gasteiger partial charge < -0.3 is 0 Å². The third-order valence-corrected chi connectivity index (χ3v) is 1.57. The molecule has 1 rings (SSSR count). The molecule has 0 saturated carbocycles. The van der Waals surface area contributed by atoms with E-state index in [1.807, 2.05) is 37.3 Å². The molecule has 0 aliphatic heterocycles. The van der Waals surface area contributed by atoms with E-state index in [-0.39, 0.29) is 22.8 Å². The lowest BCUT2D eigenvalue weighted by molar-refractivity contribution is 0.0982. The summed E-state index contributed by atoms with van der Waals surface area (Å²) in [4.78, 5) is 11.2. The minimum atomic E-state index is 0. The van der Waals surface area contributed by atoms with Crippen LogP contribution in [0.4, 0.5) is 0 Å². The van der Waals surface area contributed by atoms with E-state index in [9.17, 15) is 4.79 Å². The SMILES string of the molecule is Br.CCCC(=O)c1ccccc1. The maximum atomic E-state index is 11.2. The summed E-state index contributed by atoms with van der Waals surface area (Å²) in [6.45, 7) is 2.01. The third-order valence-electron chi connectivity index (χ3n) is 1.57. The Bertz CT molecular complexity index is 231. The topological polar surface area (TPSA) is 17.1 Å². The predicted molar refractivity (Wildman–Crippen MR) is 56.0 cm³/mol. The van der Waals surface area contributed by atoms with Crippen LogP contribution in [0.15, 0.2) is 30.3 Å². The molecule has 0 radical (unpaired) electrons. The maximum Gasteiger partial charge on any atom is 0.162 e. The lowest BCUT2D eigenvalue weighted by Gasteiger charge is -1.96. The molecule has 0 amide bonds. The van der Waals surface area contributed by atoms with Crippen LogP contribution in [-0.4, -0.2) is 5.78 Å². The predicted octanol–water partition coefficient (Wildman–Crippen LogP) is 3.25. The molecule has 0 aliphatic rings. The summed E-state index contributed by atoms with van der Waals surface area (Å²) in [5.41, 5.74) is 0.828. The molecule has 0 saturated heterocycles. The molecule has 0 spiro atoms. The Kier molecular flexibility index (Phi) is 5.64. The molecule has 0 bridgehead atoms. The van der Waals surface area contributed by atoms with Crippen LogP contribution >= 0.6 is 17.0 Å². The van der Waals surface area contributed by atoms with Gasteiger partial charge >= 0.3 is 0 Å². The Morgan fingerprint density at radius 3 is 2.33 bits per heavy atom. The van der Waals surface area contributed by atoms with Gasteiger partial charge in [-0.05, 0) is 6.42 Å². The van der Waals surface area contributed by atoms with Crippen molar-refractivity contribution in [1.29, 1.82) is 0 Å². The van der Waals surface area contributed by atoms with E-state index in [1.54, 1.807) is 0 Å². The monoisotopic (exact) mass is 228 g/mol. The summed E-state index contributed by atoms with van der Waals surface area (Å²) in [7, 11) is 0. The first kappa shape index (κ1) is 11.4. The van der Waals surface area contributed by atoms with Gasteiger partial charge in [0.05, 0.1) is 0 Å². The van der Waals surface area contributed by atoms with Crippen molar-refractivity contribution in [2.24, 2.45) is 0 Å². The van der Waals surface area contributed by atoms with Gasteiger partial charge in [0.2, 0.25) is 0 Å². The number of rotatable bonds is 3. The van der Waals surface area contributed by atoms with Crippen LogP contribution < -0.4 is 0 Å². The van der Waals surface area contributed by atoms with Gasteiger partial charge in [0, 0.05) is 12.0 Å². The molecule has 0 heterocycles. The lowest BCUT2D eigenvalue weighted by atomic mass is 10.1. The zero-order valence-corrected chi connectivity index (χ0v) is 8.83. The number of carbonyl (C=O) groups is 1. The largest absolute Gasteiger partial charge is 0.294 e. The molecular weight excluding hydrogens is 216 g/mol. The molecule has 1 aromatic carbocycles. The van der Waals surface area contributed by atoms with Gasteiger partial charge in [-0.25, -0.2) is 0 Å². The minimum absolute atomic E-state index is 0. The van der Waals surface area contributed by atoms with Crippen molar-refractivity contribution < 1.29 is 4.79 Å². The molecule has 1 aromatic rings. The van der Waals surface area contributed by atoms with Crippen LogP contribution in [0.3, 0.4) is 0 Å². The number of ketones is 1. The van der Waals surface area contributed by atoms with Crippen LogP contribution in [0, 0.1) is 0 Å². The fourth-order valence-electron chi connectivity index (χ4n) is 0.995. The summed E-state index contributed by atoms with van der Waals surface area (Å²) in [5.74, 6) is 0.244. The molecule has 0 unspecified atom stereocenters. The average Bonchev–Trinajstić information content (AvgIpc) is 2.07.